The fourth-order valence-corrected chi connectivity index (χ4v) is 5.02. The van der Waals surface area contributed by atoms with Crippen molar-refractivity contribution < 1.29 is 23.5 Å². The predicted molar refractivity (Wildman–Crippen MR) is 120 cm³/mol. The van der Waals surface area contributed by atoms with Gasteiger partial charge >= 0.3 is 0 Å². The molecular weight excluding hydrogens is 431 g/mol. The van der Waals surface area contributed by atoms with Gasteiger partial charge in [-0.25, -0.2) is 4.39 Å². The molecule has 0 aliphatic carbocycles. The molecule has 162 valence electrons. The van der Waals surface area contributed by atoms with Crippen LogP contribution < -0.4 is 19.7 Å². The van der Waals surface area contributed by atoms with Crippen LogP contribution in [-0.2, 0) is 9.59 Å². The van der Waals surface area contributed by atoms with Gasteiger partial charge in [0.1, 0.15) is 12.4 Å². The smallest absolute Gasteiger partial charge is 0.244 e. The van der Waals surface area contributed by atoms with E-state index < -0.39 is 11.7 Å². The van der Waals surface area contributed by atoms with Gasteiger partial charge in [0.05, 0.1) is 11.4 Å². The van der Waals surface area contributed by atoms with Crippen molar-refractivity contribution in [3.05, 3.63) is 78.1 Å². The van der Waals surface area contributed by atoms with Crippen molar-refractivity contribution in [2.45, 2.75) is 16.6 Å². The number of carbonyl (C=O) groups is 2. The minimum atomic E-state index is -0.526. The molecule has 0 saturated carbocycles. The van der Waals surface area contributed by atoms with E-state index in [4.69, 9.17) is 9.47 Å². The molecule has 1 N–H and O–H groups in total. The number of carbonyl (C=O) groups excluding carboxylic acids is 2. The van der Waals surface area contributed by atoms with Gasteiger partial charge < -0.3 is 19.7 Å². The van der Waals surface area contributed by atoms with E-state index >= 15 is 0 Å². The monoisotopic (exact) mass is 450 g/mol. The molecule has 0 bridgehead atoms. The first-order chi connectivity index (χ1) is 15.6. The second-order valence-electron chi connectivity index (χ2n) is 7.40. The normalized spacial score (nSPS) is 17.0. The van der Waals surface area contributed by atoms with E-state index in [0.29, 0.717) is 17.2 Å². The number of para-hydroxylation sites is 2. The Labute approximate surface area is 188 Å². The Morgan fingerprint density at radius 3 is 2.72 bits per heavy atom. The quantitative estimate of drug-likeness (QED) is 0.621. The Kier molecular flexibility index (Phi) is 5.45. The lowest BCUT2D eigenvalue weighted by Crippen LogP contribution is -2.38. The Morgan fingerprint density at radius 2 is 1.84 bits per heavy atom. The van der Waals surface area contributed by atoms with Crippen molar-refractivity contribution in [1.82, 2.24) is 0 Å². The number of halogens is 1. The molecule has 2 amide bonds. The van der Waals surface area contributed by atoms with Crippen molar-refractivity contribution >= 4 is 35.0 Å². The van der Waals surface area contributed by atoms with Gasteiger partial charge in [0.25, 0.3) is 0 Å². The van der Waals surface area contributed by atoms with Gasteiger partial charge in [-0.3, -0.25) is 9.59 Å². The molecule has 0 saturated heterocycles. The number of thioether (sulfide) groups is 1. The minimum absolute atomic E-state index is 0.0840. The van der Waals surface area contributed by atoms with Crippen LogP contribution in [0, 0.1) is 5.82 Å². The van der Waals surface area contributed by atoms with Crippen LogP contribution in [0.25, 0.3) is 0 Å². The Bertz CT molecular complexity index is 1200. The summed E-state index contributed by atoms with van der Waals surface area (Å²) in [6.45, 7) is -0.0259. The van der Waals surface area contributed by atoms with Gasteiger partial charge in [-0.05, 0) is 42.0 Å². The molecule has 1 atom stereocenters. The molecule has 3 aromatic rings. The Balaban J connectivity index is 1.41. The van der Waals surface area contributed by atoms with Crippen molar-refractivity contribution in [3.8, 4) is 11.5 Å². The molecule has 8 heteroatoms. The number of fused-ring (bicyclic) bond motifs is 2. The topological polar surface area (TPSA) is 67.9 Å². The van der Waals surface area contributed by atoms with Gasteiger partial charge in [-0.1, -0.05) is 30.3 Å². The van der Waals surface area contributed by atoms with E-state index in [1.807, 2.05) is 42.5 Å². The first-order valence-corrected chi connectivity index (χ1v) is 11.0. The molecular formula is C24H19FN2O4S. The van der Waals surface area contributed by atoms with Crippen LogP contribution in [-0.4, -0.2) is 25.2 Å². The molecule has 0 fully saturated rings. The Hall–Kier alpha value is -3.52. The molecule has 0 aromatic heterocycles. The van der Waals surface area contributed by atoms with Gasteiger partial charge in [0, 0.05) is 16.6 Å². The first kappa shape index (κ1) is 20.4. The molecule has 32 heavy (non-hydrogen) atoms. The lowest BCUT2D eigenvalue weighted by atomic mass is 10.1. The number of nitrogens with one attached hydrogen (secondary N) is 1. The van der Waals surface area contributed by atoms with Gasteiger partial charge in [-0.2, -0.15) is 0 Å². The average molecular weight is 450 g/mol. The number of nitrogens with zero attached hydrogens (tertiary/aromatic N) is 1. The number of hydrogen-bond donors (Lipinski definition) is 1. The summed E-state index contributed by atoms with van der Waals surface area (Å²) in [6.07, 6.45) is 0.200. The van der Waals surface area contributed by atoms with Gasteiger partial charge in [0.15, 0.2) is 11.5 Å². The van der Waals surface area contributed by atoms with Crippen LogP contribution in [0.5, 0.6) is 11.5 Å². The third-order valence-corrected chi connectivity index (χ3v) is 6.63. The van der Waals surface area contributed by atoms with Crippen LogP contribution >= 0.6 is 11.8 Å². The van der Waals surface area contributed by atoms with Crippen molar-refractivity contribution in [3.63, 3.8) is 0 Å². The highest BCUT2D eigenvalue weighted by Gasteiger charge is 2.31. The number of rotatable bonds is 4. The summed E-state index contributed by atoms with van der Waals surface area (Å²) < 4.78 is 24.8. The highest BCUT2D eigenvalue weighted by molar-refractivity contribution is 7.99. The molecule has 2 aliphatic rings. The molecule has 0 spiro atoms. The maximum atomic E-state index is 13.9. The van der Waals surface area contributed by atoms with Crippen molar-refractivity contribution in [2.24, 2.45) is 0 Å². The Morgan fingerprint density at radius 1 is 1.06 bits per heavy atom. The average Bonchev–Trinajstić information content (AvgIpc) is 3.22. The number of hydrogen-bond acceptors (Lipinski definition) is 5. The van der Waals surface area contributed by atoms with E-state index in [2.05, 4.69) is 5.32 Å². The summed E-state index contributed by atoms with van der Waals surface area (Å²) in [5.41, 5.74) is 1.69. The van der Waals surface area contributed by atoms with Crippen LogP contribution in [0.15, 0.2) is 71.6 Å². The zero-order valence-electron chi connectivity index (χ0n) is 16.9. The number of benzene rings is 3. The highest BCUT2D eigenvalue weighted by Crippen LogP contribution is 2.47. The SMILES string of the molecule is O=C(CN1C(=O)CC(c2ccc3c(c2)OCO3)Sc2ccccc21)Nc1ccccc1F. The summed E-state index contributed by atoms with van der Waals surface area (Å²) in [4.78, 5) is 28.3. The molecule has 6 nitrogen and oxygen atoms in total. The summed E-state index contributed by atoms with van der Waals surface area (Å²) in [5.74, 6) is 0.167. The second kappa shape index (κ2) is 8.55. The molecule has 2 aliphatic heterocycles. The summed E-state index contributed by atoms with van der Waals surface area (Å²) in [7, 11) is 0. The number of anilines is 2. The maximum Gasteiger partial charge on any atom is 0.244 e. The lowest BCUT2D eigenvalue weighted by Gasteiger charge is -2.22. The second-order valence-corrected chi connectivity index (χ2v) is 8.64. The standard InChI is InChI=1S/C24H19FN2O4S/c25-16-5-1-2-6-17(16)26-23(28)13-27-18-7-3-4-8-21(18)32-22(12-24(27)29)15-9-10-19-20(11-15)31-14-30-19/h1-11,22H,12-14H2,(H,26,28). The predicted octanol–water partition coefficient (Wildman–Crippen LogP) is 4.76. The fourth-order valence-electron chi connectivity index (χ4n) is 3.75. The van der Waals surface area contributed by atoms with Crippen LogP contribution in [0.4, 0.5) is 15.8 Å². The van der Waals surface area contributed by atoms with E-state index in [0.717, 1.165) is 10.5 Å². The van der Waals surface area contributed by atoms with Gasteiger partial charge in [0.2, 0.25) is 18.6 Å². The molecule has 1 unspecified atom stereocenters. The van der Waals surface area contributed by atoms with E-state index in [9.17, 15) is 14.0 Å². The van der Waals surface area contributed by atoms with E-state index in [-0.39, 0.29) is 36.6 Å². The van der Waals surface area contributed by atoms with Crippen LogP contribution in [0.3, 0.4) is 0 Å². The molecule has 5 rings (SSSR count). The summed E-state index contributed by atoms with van der Waals surface area (Å²) in [5, 5.41) is 2.40. The first-order valence-electron chi connectivity index (χ1n) is 10.1. The maximum absolute atomic E-state index is 13.9. The minimum Gasteiger partial charge on any atom is -0.454 e. The van der Waals surface area contributed by atoms with E-state index in [1.165, 1.54) is 17.0 Å². The fraction of sp³-hybridized carbons (Fsp3) is 0.167. The largest absolute Gasteiger partial charge is 0.454 e. The molecule has 0 radical (unpaired) electrons. The van der Waals surface area contributed by atoms with E-state index in [1.54, 1.807) is 23.9 Å². The lowest BCUT2D eigenvalue weighted by molar-refractivity contribution is -0.121. The number of amides is 2. The summed E-state index contributed by atoms with van der Waals surface area (Å²) >= 11 is 1.57. The van der Waals surface area contributed by atoms with Crippen molar-refractivity contribution in [1.29, 1.82) is 0 Å². The third kappa shape index (κ3) is 4.01. The van der Waals surface area contributed by atoms with Crippen LogP contribution in [0.2, 0.25) is 0 Å². The molecule has 2 heterocycles. The zero-order chi connectivity index (χ0) is 22.1. The third-order valence-electron chi connectivity index (χ3n) is 5.30. The van der Waals surface area contributed by atoms with Crippen LogP contribution in [0.1, 0.15) is 17.2 Å². The number of ether oxygens (including phenoxy) is 2. The summed E-state index contributed by atoms with van der Waals surface area (Å²) in [6, 6.07) is 19.1. The van der Waals surface area contributed by atoms with Crippen molar-refractivity contribution in [2.75, 3.05) is 23.6 Å². The zero-order valence-corrected chi connectivity index (χ0v) is 17.7. The molecule has 3 aromatic carbocycles. The van der Waals surface area contributed by atoms with Gasteiger partial charge in [-0.15, -0.1) is 11.8 Å². The highest BCUT2D eigenvalue weighted by atomic mass is 32.2.